The maximum Gasteiger partial charge on any atom is 0.166 e. The zero-order chi connectivity index (χ0) is 3.41. The summed E-state index contributed by atoms with van der Waals surface area (Å²) >= 11 is 0. The molecule has 0 aromatic carbocycles. The Morgan fingerprint density at radius 3 is 2.00 bits per heavy atom. The van der Waals surface area contributed by atoms with Gasteiger partial charge >= 0.3 is 0 Å². The topological polar surface area (TPSA) is 33.1 Å². The van der Waals surface area contributed by atoms with Gasteiger partial charge in [0.1, 0.15) is 0 Å². The molecule has 2 nitrogen and oxygen atoms in total. The normalized spacial score (nSPS) is 4.20. The Bertz CT molecular complexity index is 23.6. The molecular weight excluding hydrogens is 89.5 g/mol. The number of halogens is 1. The molecule has 0 aromatic rings. The van der Waals surface area contributed by atoms with Gasteiger partial charge in [-0.15, -0.1) is 12.4 Å². The quantitative estimate of drug-likeness (QED) is 0.377. The lowest BCUT2D eigenvalue weighted by Gasteiger charge is -1.70. The van der Waals surface area contributed by atoms with Crippen LogP contribution in [0.15, 0.2) is 0 Å². The smallest absolute Gasteiger partial charge is 0.166 e. The van der Waals surface area contributed by atoms with E-state index in [-0.39, 0.29) is 12.4 Å². The van der Waals surface area contributed by atoms with Crippen LogP contribution in [0, 0.1) is 5.41 Å². The second-order valence-electron chi connectivity index (χ2n) is 0.354. The molecule has 3 heteroatoms. The molecule has 0 amide bonds. The molecule has 0 radical (unpaired) electrons. The maximum absolute atomic E-state index is 6.10. The maximum atomic E-state index is 6.10. The van der Waals surface area contributed by atoms with Crippen LogP contribution in [0.3, 0.4) is 0 Å². The Morgan fingerprint density at radius 1 is 1.80 bits per heavy atom. The Labute approximate surface area is 37.1 Å². The van der Waals surface area contributed by atoms with Gasteiger partial charge in [0, 0.05) is 0 Å². The van der Waals surface area contributed by atoms with Crippen molar-refractivity contribution in [1.29, 1.82) is 5.41 Å². The Kier molecular flexibility index (Phi) is 16.3. The molecule has 0 aliphatic heterocycles. The lowest BCUT2D eigenvalue weighted by molar-refractivity contribution is 0.419. The lowest BCUT2D eigenvalue weighted by atomic mass is 11.5. The van der Waals surface area contributed by atoms with E-state index in [1.165, 1.54) is 7.11 Å². The van der Waals surface area contributed by atoms with E-state index in [0.717, 1.165) is 6.40 Å². The predicted octanol–water partition coefficient (Wildman–Crippen LogP) is 0.662. The summed E-state index contributed by atoms with van der Waals surface area (Å²) in [7, 11) is 1.44. The van der Waals surface area contributed by atoms with Crippen molar-refractivity contribution < 1.29 is 4.74 Å². The summed E-state index contributed by atoms with van der Waals surface area (Å²) in [6.45, 7) is 0. The van der Waals surface area contributed by atoms with E-state index < -0.39 is 0 Å². The van der Waals surface area contributed by atoms with Crippen molar-refractivity contribution in [2.24, 2.45) is 0 Å². The minimum Gasteiger partial charge on any atom is -0.487 e. The number of nitrogens with one attached hydrogen (secondary N) is 1. The Morgan fingerprint density at radius 2 is 2.00 bits per heavy atom. The standard InChI is InChI=1S/C2H5NO.ClH/c1-4-2-3;/h2-3H,1H3;1H. The van der Waals surface area contributed by atoms with Crippen molar-refractivity contribution in [3.8, 4) is 0 Å². The summed E-state index contributed by atoms with van der Waals surface area (Å²) in [5.41, 5.74) is 0. The average molecular weight is 95.5 g/mol. The van der Waals surface area contributed by atoms with Crippen LogP contribution in [0.25, 0.3) is 0 Å². The minimum atomic E-state index is 0. The average Bonchev–Trinajstić information content (AvgIpc) is 1.37. The molecule has 0 aromatic heterocycles. The van der Waals surface area contributed by atoms with Gasteiger partial charge in [0.15, 0.2) is 6.40 Å². The summed E-state index contributed by atoms with van der Waals surface area (Å²) in [6.07, 6.45) is 0.875. The van der Waals surface area contributed by atoms with Gasteiger partial charge in [-0.25, -0.2) is 0 Å². The molecule has 1 N–H and O–H groups in total. The molecule has 0 aliphatic carbocycles. The molecule has 0 fully saturated rings. The molecule has 0 bridgehead atoms. The second kappa shape index (κ2) is 9.25. The van der Waals surface area contributed by atoms with Crippen molar-refractivity contribution in [3.63, 3.8) is 0 Å². The molecule has 0 rings (SSSR count). The van der Waals surface area contributed by atoms with Gasteiger partial charge in [-0.05, 0) is 0 Å². The second-order valence-corrected chi connectivity index (χ2v) is 0.354. The highest BCUT2D eigenvalue weighted by Gasteiger charge is 1.38. The van der Waals surface area contributed by atoms with E-state index in [4.69, 9.17) is 5.41 Å². The fourth-order valence-corrected chi connectivity index (χ4v) is 0. The molecular formula is C2H6ClNO. The first-order chi connectivity index (χ1) is 1.91. The first-order valence-corrected chi connectivity index (χ1v) is 0.933. The van der Waals surface area contributed by atoms with Gasteiger partial charge in [-0.3, -0.25) is 5.41 Å². The van der Waals surface area contributed by atoms with Crippen LogP contribution in [0.5, 0.6) is 0 Å². The monoisotopic (exact) mass is 95.0 g/mol. The zero-order valence-electron chi connectivity index (χ0n) is 2.89. The van der Waals surface area contributed by atoms with E-state index in [1.54, 1.807) is 0 Å². The van der Waals surface area contributed by atoms with Crippen LogP contribution >= 0.6 is 12.4 Å². The van der Waals surface area contributed by atoms with Crippen molar-refractivity contribution in [3.05, 3.63) is 0 Å². The van der Waals surface area contributed by atoms with Crippen LogP contribution in [-0.4, -0.2) is 13.5 Å². The summed E-state index contributed by atoms with van der Waals surface area (Å²) < 4.78 is 4.08. The third-order valence-corrected chi connectivity index (χ3v) is 0.118. The first-order valence-electron chi connectivity index (χ1n) is 0.933. The summed E-state index contributed by atoms with van der Waals surface area (Å²) in [6, 6.07) is 0. The van der Waals surface area contributed by atoms with Gasteiger partial charge in [0.2, 0.25) is 0 Å². The van der Waals surface area contributed by atoms with Crippen LogP contribution in [0.1, 0.15) is 0 Å². The van der Waals surface area contributed by atoms with Gasteiger partial charge < -0.3 is 4.74 Å². The molecule has 0 atom stereocenters. The van der Waals surface area contributed by atoms with E-state index in [0.29, 0.717) is 0 Å². The third kappa shape index (κ3) is 20.2. The van der Waals surface area contributed by atoms with Crippen LogP contribution < -0.4 is 0 Å². The third-order valence-electron chi connectivity index (χ3n) is 0.118. The fourth-order valence-electron chi connectivity index (χ4n) is 0. The highest BCUT2D eigenvalue weighted by atomic mass is 35.5. The minimum absolute atomic E-state index is 0. The molecule has 0 heterocycles. The van der Waals surface area contributed by atoms with Crippen molar-refractivity contribution in [2.45, 2.75) is 0 Å². The Balaban J connectivity index is 0. The molecule has 0 saturated heterocycles. The highest BCUT2D eigenvalue weighted by molar-refractivity contribution is 5.85. The fraction of sp³-hybridized carbons (Fsp3) is 0.500. The molecule has 32 valence electrons. The largest absolute Gasteiger partial charge is 0.487 e. The van der Waals surface area contributed by atoms with Gasteiger partial charge in [-0.2, -0.15) is 0 Å². The lowest BCUT2D eigenvalue weighted by Crippen LogP contribution is -1.66. The molecule has 0 aliphatic rings. The van der Waals surface area contributed by atoms with E-state index in [2.05, 4.69) is 4.74 Å². The number of ether oxygens (including phenoxy) is 1. The summed E-state index contributed by atoms with van der Waals surface area (Å²) in [4.78, 5) is 0. The van der Waals surface area contributed by atoms with Crippen LogP contribution in [-0.2, 0) is 4.74 Å². The van der Waals surface area contributed by atoms with Gasteiger partial charge in [-0.1, -0.05) is 0 Å². The zero-order valence-corrected chi connectivity index (χ0v) is 3.71. The van der Waals surface area contributed by atoms with Gasteiger partial charge in [0.05, 0.1) is 7.11 Å². The number of methoxy groups -OCH3 is 1. The molecule has 0 spiro atoms. The SMILES string of the molecule is COC=N.Cl. The van der Waals surface area contributed by atoms with Crippen LogP contribution in [0.4, 0.5) is 0 Å². The van der Waals surface area contributed by atoms with E-state index >= 15 is 0 Å². The summed E-state index contributed by atoms with van der Waals surface area (Å²) in [5.74, 6) is 0. The van der Waals surface area contributed by atoms with Crippen LogP contribution in [0.2, 0.25) is 0 Å². The van der Waals surface area contributed by atoms with E-state index in [9.17, 15) is 0 Å². The van der Waals surface area contributed by atoms with Crippen molar-refractivity contribution in [2.75, 3.05) is 7.11 Å². The highest BCUT2D eigenvalue weighted by Crippen LogP contribution is 1.37. The number of hydrogen-bond donors (Lipinski definition) is 1. The number of rotatable bonds is 1. The molecule has 5 heavy (non-hydrogen) atoms. The van der Waals surface area contributed by atoms with E-state index in [1.807, 2.05) is 0 Å². The van der Waals surface area contributed by atoms with Crippen molar-refractivity contribution in [1.82, 2.24) is 0 Å². The summed E-state index contributed by atoms with van der Waals surface area (Å²) in [5, 5.41) is 6.10. The number of hydrogen-bond acceptors (Lipinski definition) is 2. The first kappa shape index (κ1) is 8.83. The Hall–Kier alpha value is -0.240. The van der Waals surface area contributed by atoms with Gasteiger partial charge in [0.25, 0.3) is 0 Å². The molecule has 0 unspecified atom stereocenters. The predicted molar refractivity (Wildman–Crippen MR) is 23.0 cm³/mol. The molecule has 0 saturated carbocycles. The van der Waals surface area contributed by atoms with Crippen molar-refractivity contribution >= 4 is 18.8 Å².